The SMILES string of the molecule is O=C(N/N=C\c1ccc(-n2ccnc2)cc1)c1cc2ccccc2cc1O. The number of fused-ring (bicyclic) bond motifs is 1. The molecule has 0 saturated heterocycles. The predicted molar refractivity (Wildman–Crippen MR) is 104 cm³/mol. The quantitative estimate of drug-likeness (QED) is 0.434. The van der Waals surface area contributed by atoms with Gasteiger partial charge in [0, 0.05) is 18.1 Å². The lowest BCUT2D eigenvalue weighted by Crippen LogP contribution is -2.17. The Balaban J connectivity index is 1.46. The van der Waals surface area contributed by atoms with Crippen LogP contribution in [0.4, 0.5) is 0 Å². The molecule has 0 atom stereocenters. The highest BCUT2D eigenvalue weighted by atomic mass is 16.3. The smallest absolute Gasteiger partial charge is 0.275 e. The number of hydrogen-bond donors (Lipinski definition) is 2. The molecule has 132 valence electrons. The van der Waals surface area contributed by atoms with Crippen LogP contribution in [0.2, 0.25) is 0 Å². The molecule has 0 saturated carbocycles. The highest BCUT2D eigenvalue weighted by Gasteiger charge is 2.11. The fraction of sp³-hybridized carbons (Fsp3) is 0. The van der Waals surface area contributed by atoms with Gasteiger partial charge in [-0.2, -0.15) is 5.10 Å². The van der Waals surface area contributed by atoms with Crippen LogP contribution in [0.1, 0.15) is 15.9 Å². The first kappa shape index (κ1) is 16.5. The van der Waals surface area contributed by atoms with E-state index >= 15 is 0 Å². The lowest BCUT2D eigenvalue weighted by Gasteiger charge is -2.06. The minimum Gasteiger partial charge on any atom is -0.507 e. The standard InChI is InChI=1S/C21H16N4O2/c26-20-12-17-4-2-1-3-16(17)11-19(20)21(27)24-23-13-15-5-7-18(8-6-15)25-10-9-22-14-25/h1-14,26H,(H,24,27)/b23-13-. The number of phenolic OH excluding ortho intramolecular Hbond substituents is 1. The van der Waals surface area contributed by atoms with E-state index in [1.165, 1.54) is 0 Å². The van der Waals surface area contributed by atoms with Crippen LogP contribution in [0, 0.1) is 0 Å². The maximum Gasteiger partial charge on any atom is 0.275 e. The second-order valence-electron chi connectivity index (χ2n) is 5.98. The second kappa shape index (κ2) is 7.13. The maximum absolute atomic E-state index is 12.3. The topological polar surface area (TPSA) is 79.5 Å². The largest absolute Gasteiger partial charge is 0.507 e. The minimum atomic E-state index is -0.468. The number of carbonyl (C=O) groups is 1. The number of phenols is 1. The van der Waals surface area contributed by atoms with Crippen LogP contribution >= 0.6 is 0 Å². The molecule has 1 aromatic heterocycles. The van der Waals surface area contributed by atoms with Crippen LogP contribution in [0.15, 0.2) is 84.5 Å². The normalized spacial score (nSPS) is 11.1. The molecular formula is C21H16N4O2. The van der Waals surface area contributed by atoms with E-state index in [0.717, 1.165) is 22.0 Å². The van der Waals surface area contributed by atoms with E-state index in [-0.39, 0.29) is 11.3 Å². The first-order valence-corrected chi connectivity index (χ1v) is 8.34. The van der Waals surface area contributed by atoms with E-state index in [1.54, 1.807) is 30.9 Å². The van der Waals surface area contributed by atoms with Crippen molar-refractivity contribution < 1.29 is 9.90 Å². The fourth-order valence-corrected chi connectivity index (χ4v) is 2.78. The third-order valence-electron chi connectivity index (χ3n) is 4.18. The van der Waals surface area contributed by atoms with E-state index in [9.17, 15) is 9.90 Å². The van der Waals surface area contributed by atoms with Crippen LogP contribution < -0.4 is 5.43 Å². The van der Waals surface area contributed by atoms with Gasteiger partial charge in [-0.1, -0.05) is 36.4 Å². The number of aromatic hydroxyl groups is 1. The summed E-state index contributed by atoms with van der Waals surface area (Å²) in [7, 11) is 0. The number of hydrazone groups is 1. The van der Waals surface area contributed by atoms with Gasteiger partial charge in [-0.25, -0.2) is 10.4 Å². The van der Waals surface area contributed by atoms with Gasteiger partial charge < -0.3 is 9.67 Å². The van der Waals surface area contributed by atoms with Crippen molar-refractivity contribution >= 4 is 22.9 Å². The van der Waals surface area contributed by atoms with Crippen LogP contribution in [0.5, 0.6) is 5.75 Å². The summed E-state index contributed by atoms with van der Waals surface area (Å²) in [6, 6.07) is 18.4. The molecule has 1 heterocycles. The summed E-state index contributed by atoms with van der Waals surface area (Å²) in [6.45, 7) is 0. The van der Waals surface area contributed by atoms with Crippen molar-refractivity contribution in [2.45, 2.75) is 0 Å². The Bertz CT molecular complexity index is 1120. The number of hydrogen-bond acceptors (Lipinski definition) is 4. The van der Waals surface area contributed by atoms with Crippen molar-refractivity contribution in [3.63, 3.8) is 0 Å². The highest BCUT2D eigenvalue weighted by Crippen LogP contribution is 2.24. The zero-order valence-corrected chi connectivity index (χ0v) is 14.3. The first-order valence-electron chi connectivity index (χ1n) is 8.34. The van der Waals surface area contributed by atoms with Crippen molar-refractivity contribution in [2.75, 3.05) is 0 Å². The molecule has 0 unspecified atom stereocenters. The number of benzene rings is 3. The van der Waals surface area contributed by atoms with E-state index in [2.05, 4.69) is 15.5 Å². The van der Waals surface area contributed by atoms with Gasteiger partial charge in [0.05, 0.1) is 18.1 Å². The van der Waals surface area contributed by atoms with Gasteiger partial charge in [0.2, 0.25) is 0 Å². The summed E-state index contributed by atoms with van der Waals surface area (Å²) in [6.07, 6.45) is 6.85. The number of nitrogens with one attached hydrogen (secondary N) is 1. The molecule has 6 nitrogen and oxygen atoms in total. The Morgan fingerprint density at radius 2 is 1.81 bits per heavy atom. The summed E-state index contributed by atoms with van der Waals surface area (Å²) < 4.78 is 1.89. The number of nitrogens with zero attached hydrogens (tertiary/aromatic N) is 3. The molecule has 0 aliphatic rings. The van der Waals surface area contributed by atoms with Crippen LogP contribution in [-0.2, 0) is 0 Å². The summed E-state index contributed by atoms with van der Waals surface area (Å²) in [5, 5.41) is 15.8. The third kappa shape index (κ3) is 3.55. The van der Waals surface area contributed by atoms with E-state index < -0.39 is 5.91 Å². The first-order chi connectivity index (χ1) is 13.2. The molecule has 0 radical (unpaired) electrons. The molecule has 0 aliphatic carbocycles. The number of aromatic nitrogens is 2. The third-order valence-corrected chi connectivity index (χ3v) is 4.18. The van der Waals surface area contributed by atoms with Crippen LogP contribution in [0.3, 0.4) is 0 Å². The molecule has 0 aliphatic heterocycles. The second-order valence-corrected chi connectivity index (χ2v) is 5.98. The summed E-state index contributed by atoms with van der Waals surface area (Å²) in [4.78, 5) is 16.3. The van der Waals surface area contributed by atoms with Gasteiger partial charge in [0.1, 0.15) is 5.75 Å². The van der Waals surface area contributed by atoms with Gasteiger partial charge in [-0.05, 0) is 40.6 Å². The Labute approximate surface area is 155 Å². The Hall–Kier alpha value is -3.93. The summed E-state index contributed by atoms with van der Waals surface area (Å²) >= 11 is 0. The Kier molecular flexibility index (Phi) is 4.37. The number of rotatable bonds is 4. The average Bonchev–Trinajstić information content (AvgIpc) is 3.22. The zero-order chi connectivity index (χ0) is 18.6. The number of carbonyl (C=O) groups excluding carboxylic acids is 1. The van der Waals surface area contributed by atoms with Crippen LogP contribution in [0.25, 0.3) is 16.5 Å². The predicted octanol–water partition coefficient (Wildman–Crippen LogP) is 3.50. The zero-order valence-electron chi connectivity index (χ0n) is 14.3. The number of imidazole rings is 1. The van der Waals surface area contributed by atoms with E-state index in [4.69, 9.17) is 0 Å². The maximum atomic E-state index is 12.3. The van der Waals surface area contributed by atoms with E-state index in [1.807, 2.05) is 59.3 Å². The van der Waals surface area contributed by atoms with Crippen molar-refractivity contribution in [3.05, 3.63) is 90.5 Å². The van der Waals surface area contributed by atoms with Gasteiger partial charge in [-0.3, -0.25) is 4.79 Å². The summed E-state index contributed by atoms with van der Waals surface area (Å²) in [5.74, 6) is -0.546. The van der Waals surface area contributed by atoms with Crippen molar-refractivity contribution in [1.82, 2.24) is 15.0 Å². The molecule has 4 aromatic rings. The molecule has 27 heavy (non-hydrogen) atoms. The van der Waals surface area contributed by atoms with Gasteiger partial charge in [0.25, 0.3) is 5.91 Å². The van der Waals surface area contributed by atoms with Gasteiger partial charge >= 0.3 is 0 Å². The monoisotopic (exact) mass is 356 g/mol. The molecular weight excluding hydrogens is 340 g/mol. The molecule has 6 heteroatoms. The molecule has 0 fully saturated rings. The van der Waals surface area contributed by atoms with Gasteiger partial charge in [0.15, 0.2) is 0 Å². The summed E-state index contributed by atoms with van der Waals surface area (Å²) in [5.41, 5.74) is 4.45. The molecule has 4 rings (SSSR count). The number of amides is 1. The van der Waals surface area contributed by atoms with Crippen molar-refractivity contribution in [2.24, 2.45) is 5.10 Å². The van der Waals surface area contributed by atoms with E-state index in [0.29, 0.717) is 0 Å². The minimum absolute atomic E-state index is 0.0777. The molecule has 0 bridgehead atoms. The fourth-order valence-electron chi connectivity index (χ4n) is 2.78. The Morgan fingerprint density at radius 3 is 2.52 bits per heavy atom. The average molecular weight is 356 g/mol. The van der Waals surface area contributed by atoms with Crippen molar-refractivity contribution in [3.8, 4) is 11.4 Å². The molecule has 0 spiro atoms. The lowest BCUT2D eigenvalue weighted by atomic mass is 10.1. The highest BCUT2D eigenvalue weighted by molar-refractivity contribution is 6.01. The lowest BCUT2D eigenvalue weighted by molar-refractivity contribution is 0.0952. The van der Waals surface area contributed by atoms with Gasteiger partial charge in [-0.15, -0.1) is 0 Å². The molecule has 1 amide bonds. The van der Waals surface area contributed by atoms with Crippen LogP contribution in [-0.4, -0.2) is 26.8 Å². The Morgan fingerprint density at radius 1 is 1.07 bits per heavy atom. The molecule has 2 N–H and O–H groups in total. The molecule has 3 aromatic carbocycles. The van der Waals surface area contributed by atoms with Crippen molar-refractivity contribution in [1.29, 1.82) is 0 Å².